The van der Waals surface area contributed by atoms with Crippen LogP contribution in [0.4, 0.5) is 5.95 Å². The third-order valence-corrected chi connectivity index (χ3v) is 5.36. The molecule has 1 aliphatic carbocycles. The Kier molecular flexibility index (Phi) is 4.73. The third-order valence-electron chi connectivity index (χ3n) is 5.08. The van der Waals surface area contributed by atoms with Crippen LogP contribution in [0.5, 0.6) is 0 Å². The van der Waals surface area contributed by atoms with Gasteiger partial charge in [0.05, 0.1) is 17.8 Å². The molecule has 2 fully saturated rings. The highest BCUT2D eigenvalue weighted by Crippen LogP contribution is 2.37. The number of hydrogen-bond acceptors (Lipinski definition) is 5. The SMILES string of the molecule is CC1(CO)CCCC1NC(=O)c1nc(N2CCCC2)ncc1Cl. The molecule has 0 radical (unpaired) electrons. The molecule has 1 aromatic heterocycles. The Morgan fingerprint density at radius 2 is 2.22 bits per heavy atom. The lowest BCUT2D eigenvalue weighted by Crippen LogP contribution is -2.45. The number of carbonyl (C=O) groups excluding carboxylic acids is 1. The van der Waals surface area contributed by atoms with E-state index in [9.17, 15) is 9.90 Å². The van der Waals surface area contributed by atoms with E-state index in [1.165, 1.54) is 6.20 Å². The summed E-state index contributed by atoms with van der Waals surface area (Å²) in [4.78, 5) is 23.3. The highest BCUT2D eigenvalue weighted by atomic mass is 35.5. The second kappa shape index (κ2) is 6.61. The van der Waals surface area contributed by atoms with Crippen molar-refractivity contribution in [2.45, 2.75) is 45.1 Å². The summed E-state index contributed by atoms with van der Waals surface area (Å²) in [7, 11) is 0. The van der Waals surface area contributed by atoms with Crippen LogP contribution in [0.1, 0.15) is 49.5 Å². The summed E-state index contributed by atoms with van der Waals surface area (Å²) in [6, 6.07) is -0.0544. The minimum atomic E-state index is -0.288. The normalized spacial score (nSPS) is 27.4. The number of rotatable bonds is 4. The van der Waals surface area contributed by atoms with Crippen molar-refractivity contribution in [2.24, 2.45) is 5.41 Å². The van der Waals surface area contributed by atoms with E-state index in [4.69, 9.17) is 11.6 Å². The maximum absolute atomic E-state index is 12.6. The van der Waals surface area contributed by atoms with E-state index >= 15 is 0 Å². The van der Waals surface area contributed by atoms with E-state index in [0.717, 1.165) is 45.2 Å². The molecule has 126 valence electrons. The number of carbonyl (C=O) groups is 1. The van der Waals surface area contributed by atoms with Gasteiger partial charge in [-0.25, -0.2) is 9.97 Å². The van der Waals surface area contributed by atoms with Gasteiger partial charge in [0, 0.05) is 24.5 Å². The maximum atomic E-state index is 12.6. The molecule has 2 atom stereocenters. The molecule has 0 spiro atoms. The van der Waals surface area contributed by atoms with Gasteiger partial charge in [-0.05, 0) is 25.7 Å². The molecule has 1 aromatic rings. The summed E-state index contributed by atoms with van der Waals surface area (Å²) in [5, 5.41) is 12.9. The van der Waals surface area contributed by atoms with Crippen molar-refractivity contribution in [3.8, 4) is 0 Å². The number of anilines is 1. The van der Waals surface area contributed by atoms with Crippen LogP contribution in [0.15, 0.2) is 6.20 Å². The molecule has 1 amide bonds. The Hall–Kier alpha value is -1.40. The molecular weight excluding hydrogens is 316 g/mol. The van der Waals surface area contributed by atoms with Crippen LogP contribution in [0.2, 0.25) is 5.02 Å². The van der Waals surface area contributed by atoms with E-state index < -0.39 is 0 Å². The average molecular weight is 339 g/mol. The van der Waals surface area contributed by atoms with Crippen LogP contribution in [0.25, 0.3) is 0 Å². The zero-order valence-electron chi connectivity index (χ0n) is 13.4. The van der Waals surface area contributed by atoms with Gasteiger partial charge in [0.1, 0.15) is 0 Å². The number of halogens is 1. The van der Waals surface area contributed by atoms with Gasteiger partial charge in [-0.1, -0.05) is 24.9 Å². The number of amides is 1. The first-order valence-corrected chi connectivity index (χ1v) is 8.60. The molecule has 2 N–H and O–H groups in total. The second-order valence-corrected chi connectivity index (χ2v) is 7.20. The minimum absolute atomic E-state index is 0.0544. The van der Waals surface area contributed by atoms with E-state index in [-0.39, 0.29) is 34.7 Å². The number of aliphatic hydroxyl groups is 1. The maximum Gasteiger partial charge on any atom is 0.271 e. The van der Waals surface area contributed by atoms with Crippen molar-refractivity contribution in [1.82, 2.24) is 15.3 Å². The van der Waals surface area contributed by atoms with Gasteiger partial charge in [-0.3, -0.25) is 4.79 Å². The van der Waals surface area contributed by atoms with Gasteiger partial charge in [-0.15, -0.1) is 0 Å². The van der Waals surface area contributed by atoms with Crippen molar-refractivity contribution in [2.75, 3.05) is 24.6 Å². The van der Waals surface area contributed by atoms with Crippen LogP contribution < -0.4 is 10.2 Å². The number of nitrogens with one attached hydrogen (secondary N) is 1. The quantitative estimate of drug-likeness (QED) is 0.878. The molecule has 2 heterocycles. The number of nitrogens with zero attached hydrogens (tertiary/aromatic N) is 3. The van der Waals surface area contributed by atoms with Crippen LogP contribution in [-0.2, 0) is 0 Å². The van der Waals surface area contributed by atoms with E-state index in [2.05, 4.69) is 20.2 Å². The monoisotopic (exact) mass is 338 g/mol. The van der Waals surface area contributed by atoms with Crippen LogP contribution in [0, 0.1) is 5.41 Å². The summed E-state index contributed by atoms with van der Waals surface area (Å²) in [6.45, 7) is 3.89. The highest BCUT2D eigenvalue weighted by molar-refractivity contribution is 6.33. The molecule has 7 heteroatoms. The number of aliphatic hydroxyl groups excluding tert-OH is 1. The second-order valence-electron chi connectivity index (χ2n) is 6.79. The van der Waals surface area contributed by atoms with Crippen molar-refractivity contribution >= 4 is 23.5 Å². The molecular formula is C16H23ClN4O2. The summed E-state index contributed by atoms with van der Waals surface area (Å²) < 4.78 is 0. The van der Waals surface area contributed by atoms with Gasteiger partial charge >= 0.3 is 0 Å². The van der Waals surface area contributed by atoms with E-state index in [1.54, 1.807) is 0 Å². The van der Waals surface area contributed by atoms with Crippen LogP contribution >= 0.6 is 11.6 Å². The molecule has 1 aliphatic heterocycles. The van der Waals surface area contributed by atoms with Crippen molar-refractivity contribution in [1.29, 1.82) is 0 Å². The first-order valence-electron chi connectivity index (χ1n) is 8.23. The molecule has 0 bridgehead atoms. The summed E-state index contributed by atoms with van der Waals surface area (Å²) in [6.07, 6.45) is 6.50. The van der Waals surface area contributed by atoms with Gasteiger partial charge < -0.3 is 15.3 Å². The summed E-state index contributed by atoms with van der Waals surface area (Å²) in [5.74, 6) is 0.276. The Bertz CT molecular complexity index is 591. The van der Waals surface area contributed by atoms with Crippen molar-refractivity contribution in [3.05, 3.63) is 16.9 Å². The molecule has 3 rings (SSSR count). The molecule has 0 aromatic carbocycles. The Labute approximate surface area is 141 Å². The fraction of sp³-hybridized carbons (Fsp3) is 0.688. The van der Waals surface area contributed by atoms with Gasteiger partial charge in [0.2, 0.25) is 5.95 Å². The number of hydrogen-bond donors (Lipinski definition) is 2. The Balaban J connectivity index is 1.77. The van der Waals surface area contributed by atoms with Gasteiger partial charge in [0.25, 0.3) is 5.91 Å². The topological polar surface area (TPSA) is 78.3 Å². The highest BCUT2D eigenvalue weighted by Gasteiger charge is 2.39. The van der Waals surface area contributed by atoms with Gasteiger partial charge in [-0.2, -0.15) is 0 Å². The average Bonchev–Trinajstić information content (AvgIpc) is 3.19. The van der Waals surface area contributed by atoms with Crippen molar-refractivity contribution < 1.29 is 9.90 Å². The predicted octanol–water partition coefficient (Wildman–Crippen LogP) is 2.01. The zero-order chi connectivity index (χ0) is 16.4. The predicted molar refractivity (Wildman–Crippen MR) is 88.8 cm³/mol. The summed E-state index contributed by atoms with van der Waals surface area (Å²) in [5.41, 5.74) is -0.0526. The molecule has 2 unspecified atom stereocenters. The first-order chi connectivity index (χ1) is 11.0. The van der Waals surface area contributed by atoms with Crippen molar-refractivity contribution in [3.63, 3.8) is 0 Å². The fourth-order valence-corrected chi connectivity index (χ4v) is 3.66. The third kappa shape index (κ3) is 3.28. The molecule has 2 aliphatic rings. The molecule has 1 saturated heterocycles. The van der Waals surface area contributed by atoms with E-state index in [0.29, 0.717) is 5.95 Å². The lowest BCUT2D eigenvalue weighted by atomic mass is 9.86. The largest absolute Gasteiger partial charge is 0.396 e. The van der Waals surface area contributed by atoms with E-state index in [1.807, 2.05) is 6.92 Å². The Morgan fingerprint density at radius 3 is 2.91 bits per heavy atom. The zero-order valence-corrected chi connectivity index (χ0v) is 14.1. The lowest BCUT2D eigenvalue weighted by Gasteiger charge is -2.30. The number of aromatic nitrogens is 2. The first kappa shape index (κ1) is 16.5. The molecule has 1 saturated carbocycles. The van der Waals surface area contributed by atoms with Gasteiger partial charge in [0.15, 0.2) is 5.69 Å². The standard InChI is InChI=1S/C16H23ClN4O2/c1-16(10-22)6-4-5-12(16)19-14(23)13-11(17)9-18-15(20-13)21-7-2-3-8-21/h9,12,22H,2-8,10H2,1H3,(H,19,23). The summed E-state index contributed by atoms with van der Waals surface area (Å²) >= 11 is 6.13. The van der Waals surface area contributed by atoms with Crippen LogP contribution in [-0.4, -0.2) is 46.7 Å². The van der Waals surface area contributed by atoms with Crippen LogP contribution in [0.3, 0.4) is 0 Å². The Morgan fingerprint density at radius 1 is 1.48 bits per heavy atom. The smallest absolute Gasteiger partial charge is 0.271 e. The molecule has 23 heavy (non-hydrogen) atoms. The fourth-order valence-electron chi connectivity index (χ4n) is 3.48. The lowest BCUT2D eigenvalue weighted by molar-refractivity contribution is 0.0826. The molecule has 6 nitrogen and oxygen atoms in total. The minimum Gasteiger partial charge on any atom is -0.396 e.